The molecule has 1 aromatic heterocycles. The van der Waals surface area contributed by atoms with Crippen molar-refractivity contribution in [1.29, 1.82) is 0 Å². The van der Waals surface area contributed by atoms with Gasteiger partial charge >= 0.3 is 0 Å². The van der Waals surface area contributed by atoms with E-state index in [1.54, 1.807) is 11.3 Å². The van der Waals surface area contributed by atoms with Gasteiger partial charge in [0.1, 0.15) is 12.8 Å². The van der Waals surface area contributed by atoms with Crippen molar-refractivity contribution in [1.82, 2.24) is 20.1 Å². The number of hydrogen-bond acceptors (Lipinski definition) is 6. The quantitative estimate of drug-likeness (QED) is 0.284. The number of rotatable bonds is 15. The zero-order valence-electron chi connectivity index (χ0n) is 21.6. The minimum atomic E-state index is -0.283. The molecule has 1 fully saturated rings. The lowest BCUT2D eigenvalue weighted by Crippen LogP contribution is -2.53. The molecule has 2 heterocycles. The van der Waals surface area contributed by atoms with Crippen molar-refractivity contribution >= 4 is 17.2 Å². The van der Waals surface area contributed by atoms with E-state index in [-0.39, 0.29) is 17.9 Å². The van der Waals surface area contributed by atoms with Crippen molar-refractivity contribution < 1.29 is 9.53 Å². The van der Waals surface area contributed by atoms with Crippen LogP contribution in [0.1, 0.15) is 76.4 Å². The molecule has 1 aliphatic heterocycles. The summed E-state index contributed by atoms with van der Waals surface area (Å²) in [5.74, 6) is 0.332. The van der Waals surface area contributed by atoms with Crippen LogP contribution in [0.3, 0.4) is 0 Å². The van der Waals surface area contributed by atoms with Crippen molar-refractivity contribution in [2.45, 2.75) is 91.1 Å². The second-order valence-electron chi connectivity index (χ2n) is 9.50. The number of likely N-dealkylation sites (tertiary alicyclic amines) is 1. The van der Waals surface area contributed by atoms with E-state index in [0.717, 1.165) is 61.5 Å². The first kappa shape index (κ1) is 27.8. The zero-order valence-corrected chi connectivity index (χ0v) is 22.4. The number of carbonyl (C=O) groups is 1. The summed E-state index contributed by atoms with van der Waals surface area (Å²) >= 11 is 1.70. The fourth-order valence-electron chi connectivity index (χ4n) is 4.29. The van der Waals surface area contributed by atoms with Crippen LogP contribution >= 0.6 is 11.3 Å². The average Bonchev–Trinajstić information content (AvgIpc) is 3.23. The maximum Gasteiger partial charge on any atom is 0.247 e. The Morgan fingerprint density at radius 3 is 2.82 bits per heavy atom. The van der Waals surface area contributed by atoms with Crippen molar-refractivity contribution in [3.05, 3.63) is 28.4 Å². The Kier molecular flexibility index (Phi) is 12.4. The summed E-state index contributed by atoms with van der Waals surface area (Å²) in [6, 6.07) is 0.00946. The van der Waals surface area contributed by atoms with Crippen LogP contribution in [0.4, 0.5) is 0 Å². The fraction of sp³-hybridized carbons (Fsp3) is 0.769. The highest BCUT2D eigenvalue weighted by atomic mass is 32.1. The Bertz CT molecular complexity index is 723. The Balaban J connectivity index is 2.06. The number of nitrogens with zero attached hydrogens (tertiary/aromatic N) is 3. The van der Waals surface area contributed by atoms with Gasteiger partial charge in [-0.3, -0.25) is 9.69 Å². The summed E-state index contributed by atoms with van der Waals surface area (Å²) in [7, 11) is 2.16. The number of carbonyl (C=O) groups excluding carboxylic acids is 1. The molecule has 1 N–H and O–H groups in total. The summed E-state index contributed by atoms with van der Waals surface area (Å²) in [5, 5.41) is 6.79. The molecule has 0 spiro atoms. The van der Waals surface area contributed by atoms with E-state index in [9.17, 15) is 4.79 Å². The molecule has 0 bridgehead atoms. The second kappa shape index (κ2) is 14.7. The molecular formula is C26H46N4O2S. The lowest BCUT2D eigenvalue weighted by Gasteiger charge is -2.37. The largest absolute Gasteiger partial charge is 0.376 e. The number of aryl methyl sites for hydroxylation is 2. The van der Waals surface area contributed by atoms with E-state index >= 15 is 0 Å². The monoisotopic (exact) mass is 478 g/mol. The Labute approximate surface area is 205 Å². The van der Waals surface area contributed by atoms with Gasteiger partial charge in [-0.15, -0.1) is 11.3 Å². The van der Waals surface area contributed by atoms with Gasteiger partial charge in [-0.25, -0.2) is 4.98 Å². The van der Waals surface area contributed by atoms with E-state index in [4.69, 9.17) is 4.74 Å². The highest BCUT2D eigenvalue weighted by Crippen LogP contribution is 2.22. The maximum atomic E-state index is 13.8. The first-order valence-electron chi connectivity index (χ1n) is 12.8. The topological polar surface area (TPSA) is 57.7 Å². The maximum absolute atomic E-state index is 13.8. The molecule has 3 atom stereocenters. The molecule has 0 radical (unpaired) electrons. The lowest BCUT2D eigenvalue weighted by molar-refractivity contribution is -0.140. The molecule has 1 saturated heterocycles. The van der Waals surface area contributed by atoms with E-state index in [1.807, 2.05) is 11.8 Å². The van der Waals surface area contributed by atoms with Crippen molar-refractivity contribution in [2.75, 3.05) is 33.5 Å². The fourth-order valence-corrected chi connectivity index (χ4v) is 5.11. The third-order valence-corrected chi connectivity index (χ3v) is 7.71. The number of piperidine rings is 1. The first-order chi connectivity index (χ1) is 15.9. The molecule has 6 nitrogen and oxygen atoms in total. The van der Waals surface area contributed by atoms with E-state index in [2.05, 4.69) is 55.0 Å². The molecule has 1 amide bonds. The number of amides is 1. The number of aromatic nitrogens is 1. The van der Waals surface area contributed by atoms with Crippen molar-refractivity contribution in [3.8, 4) is 0 Å². The molecule has 0 aliphatic carbocycles. The Hall–Kier alpha value is -1.44. The van der Waals surface area contributed by atoms with Crippen molar-refractivity contribution in [2.24, 2.45) is 5.92 Å². The van der Waals surface area contributed by atoms with Gasteiger partial charge < -0.3 is 15.0 Å². The molecular weight excluding hydrogens is 432 g/mol. The van der Waals surface area contributed by atoms with Crippen molar-refractivity contribution in [3.63, 3.8) is 0 Å². The van der Waals surface area contributed by atoms with Gasteiger partial charge in [-0.2, -0.15) is 0 Å². The van der Waals surface area contributed by atoms with E-state index in [1.165, 1.54) is 12.8 Å². The van der Waals surface area contributed by atoms with Gasteiger partial charge in [0.2, 0.25) is 5.91 Å². The van der Waals surface area contributed by atoms with Gasteiger partial charge in [-0.1, -0.05) is 46.6 Å². The summed E-state index contributed by atoms with van der Waals surface area (Å²) in [5.41, 5.74) is 2.04. The van der Waals surface area contributed by atoms with Crippen LogP contribution in [0.15, 0.2) is 17.7 Å². The Morgan fingerprint density at radius 2 is 2.18 bits per heavy atom. The highest BCUT2D eigenvalue weighted by Gasteiger charge is 2.31. The minimum absolute atomic E-state index is 0.121. The number of thiazole rings is 1. The predicted molar refractivity (Wildman–Crippen MR) is 138 cm³/mol. The number of ether oxygens (including phenoxy) is 1. The van der Waals surface area contributed by atoms with Crippen LogP contribution in [0.25, 0.3) is 0 Å². The molecule has 188 valence electrons. The smallest absolute Gasteiger partial charge is 0.247 e. The summed E-state index contributed by atoms with van der Waals surface area (Å²) in [6.45, 7) is 15.6. The Morgan fingerprint density at radius 1 is 1.39 bits per heavy atom. The standard InChI is InChI=1S/C26H46N4O2S/c1-7-9-17-32-19-30(16-12-14-24-27-21(4)18-33-24)26(31)25(20(3)8-2)28-22(5)23-13-10-11-15-29(23)6/h18,20,23,25,28H,5,7-17,19H2,1-4,6H3. The van der Waals surface area contributed by atoms with Crippen LogP contribution in [0.2, 0.25) is 0 Å². The van der Waals surface area contributed by atoms with Crippen LogP contribution in [0, 0.1) is 12.8 Å². The minimum Gasteiger partial charge on any atom is -0.376 e. The van der Waals surface area contributed by atoms with Crippen LogP contribution in [-0.4, -0.2) is 66.2 Å². The van der Waals surface area contributed by atoms with Crippen LogP contribution in [0.5, 0.6) is 0 Å². The average molecular weight is 479 g/mol. The SMILES string of the molecule is C=C(NC(C(=O)N(CCCc1nc(C)cs1)COCCCC)C(C)CC)C1CCCCN1C. The third kappa shape index (κ3) is 9.02. The number of likely N-dealkylation sites (N-methyl/N-ethyl adjacent to an activating group) is 1. The number of nitrogens with one attached hydrogen (secondary N) is 1. The highest BCUT2D eigenvalue weighted by molar-refractivity contribution is 7.09. The van der Waals surface area contributed by atoms with E-state index < -0.39 is 0 Å². The van der Waals surface area contributed by atoms with Gasteiger partial charge in [0.25, 0.3) is 0 Å². The van der Waals surface area contributed by atoms with Crippen LogP contribution in [-0.2, 0) is 16.0 Å². The molecule has 1 aromatic rings. The second-order valence-corrected chi connectivity index (χ2v) is 10.4. The molecule has 3 unspecified atom stereocenters. The molecule has 1 aliphatic rings. The summed E-state index contributed by atoms with van der Waals surface area (Å²) in [6.07, 6.45) is 8.34. The normalized spacial score (nSPS) is 18.6. The number of unbranched alkanes of at least 4 members (excludes halogenated alkanes) is 1. The van der Waals surface area contributed by atoms with Gasteiger partial charge in [0, 0.05) is 42.4 Å². The summed E-state index contributed by atoms with van der Waals surface area (Å²) in [4.78, 5) is 22.6. The summed E-state index contributed by atoms with van der Waals surface area (Å²) < 4.78 is 5.90. The first-order valence-corrected chi connectivity index (χ1v) is 13.7. The molecule has 33 heavy (non-hydrogen) atoms. The van der Waals surface area contributed by atoms with Gasteiger partial charge in [0.05, 0.1) is 5.01 Å². The molecule has 7 heteroatoms. The zero-order chi connectivity index (χ0) is 24.2. The van der Waals surface area contributed by atoms with Crippen LogP contribution < -0.4 is 5.32 Å². The lowest BCUT2D eigenvalue weighted by atomic mass is 9.95. The predicted octanol–water partition coefficient (Wildman–Crippen LogP) is 4.99. The van der Waals surface area contributed by atoms with Gasteiger partial charge in [0.15, 0.2) is 0 Å². The molecule has 0 aromatic carbocycles. The van der Waals surface area contributed by atoms with E-state index in [0.29, 0.717) is 25.9 Å². The molecule has 0 saturated carbocycles. The molecule has 2 rings (SSSR count). The van der Waals surface area contributed by atoms with Gasteiger partial charge in [-0.05, 0) is 52.1 Å². The third-order valence-electron chi connectivity index (χ3n) is 6.68. The number of hydrogen-bond donors (Lipinski definition) is 1.